The van der Waals surface area contributed by atoms with Crippen molar-refractivity contribution < 1.29 is 19.1 Å². The number of methoxy groups -OCH3 is 2. The highest BCUT2D eigenvalue weighted by Crippen LogP contribution is 2.38. The van der Waals surface area contributed by atoms with Crippen molar-refractivity contribution in [1.82, 2.24) is 20.9 Å². The molecule has 2 rings (SSSR count). The van der Waals surface area contributed by atoms with Crippen LogP contribution in [0.15, 0.2) is 12.1 Å². The summed E-state index contributed by atoms with van der Waals surface area (Å²) in [5.74, 6) is 1.25. The molecule has 0 radical (unpaired) electrons. The number of ether oxygens (including phenoxy) is 2. The van der Waals surface area contributed by atoms with Gasteiger partial charge in [0.2, 0.25) is 0 Å². The second-order valence-electron chi connectivity index (χ2n) is 8.55. The number of carbonyl (C=O) groups excluding carboxylic acids is 2. The van der Waals surface area contributed by atoms with Gasteiger partial charge in [0.25, 0.3) is 0 Å². The van der Waals surface area contributed by atoms with E-state index in [1.807, 2.05) is 46.8 Å². The summed E-state index contributed by atoms with van der Waals surface area (Å²) in [6.07, 6.45) is 0.696. The third-order valence-electron chi connectivity index (χ3n) is 4.62. The molecule has 0 aromatic heterocycles. The topological polar surface area (TPSA) is 91.9 Å². The lowest BCUT2D eigenvalue weighted by Crippen LogP contribution is -2.54. The highest BCUT2D eigenvalue weighted by atomic mass is 16.5. The van der Waals surface area contributed by atoms with E-state index in [1.54, 1.807) is 19.1 Å². The summed E-state index contributed by atoms with van der Waals surface area (Å²) in [7, 11) is 3.19. The maximum absolute atomic E-state index is 13.0. The number of hydrogen-bond donors (Lipinski definition) is 3. The molecule has 8 heteroatoms. The predicted octanol–water partition coefficient (Wildman–Crippen LogP) is 2.82. The minimum atomic E-state index is -0.359. The second-order valence-corrected chi connectivity index (χ2v) is 8.55. The SMILES string of the molecule is COc1cc2c(cc1OC)[C@@H](CNC(=O)NC(C)C)N(C(=O)NC(C)(C)C)CC2. The van der Waals surface area contributed by atoms with E-state index in [0.29, 0.717) is 31.0 Å². The Labute approximate surface area is 173 Å². The Kier molecular flexibility index (Phi) is 7.21. The zero-order valence-corrected chi connectivity index (χ0v) is 18.5. The van der Waals surface area contributed by atoms with Gasteiger partial charge in [0, 0.05) is 24.7 Å². The fourth-order valence-corrected chi connectivity index (χ4v) is 3.39. The number of hydrogen-bond acceptors (Lipinski definition) is 4. The van der Waals surface area contributed by atoms with Crippen LogP contribution in [0.3, 0.4) is 0 Å². The lowest BCUT2D eigenvalue weighted by Gasteiger charge is -2.39. The molecule has 0 spiro atoms. The van der Waals surface area contributed by atoms with Crippen LogP contribution in [-0.4, -0.2) is 55.9 Å². The highest BCUT2D eigenvalue weighted by Gasteiger charge is 2.33. The fraction of sp³-hybridized carbons (Fsp3) is 0.619. The summed E-state index contributed by atoms with van der Waals surface area (Å²) in [6, 6.07) is 3.14. The Balaban J connectivity index is 2.36. The minimum Gasteiger partial charge on any atom is -0.493 e. The van der Waals surface area contributed by atoms with Gasteiger partial charge in [0.05, 0.1) is 20.3 Å². The van der Waals surface area contributed by atoms with Gasteiger partial charge in [0.1, 0.15) is 0 Å². The number of carbonyl (C=O) groups is 2. The predicted molar refractivity (Wildman–Crippen MR) is 113 cm³/mol. The van der Waals surface area contributed by atoms with Gasteiger partial charge in [-0.1, -0.05) is 0 Å². The molecular weight excluding hydrogens is 372 g/mol. The van der Waals surface area contributed by atoms with Crippen molar-refractivity contribution in [3.8, 4) is 11.5 Å². The first kappa shape index (κ1) is 22.6. The average molecular weight is 407 g/mol. The van der Waals surface area contributed by atoms with Crippen LogP contribution in [0.2, 0.25) is 0 Å². The van der Waals surface area contributed by atoms with E-state index in [4.69, 9.17) is 9.47 Å². The van der Waals surface area contributed by atoms with Crippen molar-refractivity contribution in [3.05, 3.63) is 23.3 Å². The first-order chi connectivity index (χ1) is 13.6. The van der Waals surface area contributed by atoms with Gasteiger partial charge in [-0.2, -0.15) is 0 Å². The maximum Gasteiger partial charge on any atom is 0.318 e. The summed E-state index contributed by atoms with van der Waals surface area (Å²) in [5, 5.41) is 8.73. The van der Waals surface area contributed by atoms with Crippen LogP contribution in [0.1, 0.15) is 51.8 Å². The number of amides is 4. The molecular formula is C21H34N4O4. The lowest BCUT2D eigenvalue weighted by molar-refractivity contribution is 0.159. The van der Waals surface area contributed by atoms with Crippen molar-refractivity contribution in [2.45, 2.75) is 58.7 Å². The molecule has 0 bridgehead atoms. The Morgan fingerprint density at radius 3 is 2.34 bits per heavy atom. The van der Waals surface area contributed by atoms with Crippen LogP contribution in [0.25, 0.3) is 0 Å². The molecule has 1 heterocycles. The molecule has 1 aliphatic heterocycles. The number of urea groups is 2. The molecule has 4 amide bonds. The number of fused-ring (bicyclic) bond motifs is 1. The van der Waals surface area contributed by atoms with Crippen molar-refractivity contribution in [1.29, 1.82) is 0 Å². The van der Waals surface area contributed by atoms with Crippen LogP contribution >= 0.6 is 0 Å². The summed E-state index contributed by atoms with van der Waals surface area (Å²) in [5.41, 5.74) is 1.67. The van der Waals surface area contributed by atoms with Gasteiger partial charge < -0.3 is 30.3 Å². The molecule has 3 N–H and O–H groups in total. The zero-order chi connectivity index (χ0) is 21.8. The molecule has 1 atom stereocenters. The Morgan fingerprint density at radius 1 is 1.17 bits per heavy atom. The third kappa shape index (κ3) is 5.92. The van der Waals surface area contributed by atoms with Crippen molar-refractivity contribution in [3.63, 3.8) is 0 Å². The summed E-state index contributed by atoms with van der Waals surface area (Å²) < 4.78 is 10.9. The highest BCUT2D eigenvalue weighted by molar-refractivity contribution is 5.77. The zero-order valence-electron chi connectivity index (χ0n) is 18.5. The van der Waals surface area contributed by atoms with E-state index in [2.05, 4.69) is 16.0 Å². The van der Waals surface area contributed by atoms with Crippen molar-refractivity contribution in [2.24, 2.45) is 0 Å². The number of nitrogens with zero attached hydrogens (tertiary/aromatic N) is 1. The molecule has 0 aliphatic carbocycles. The Hall–Kier alpha value is -2.64. The van der Waals surface area contributed by atoms with Crippen LogP contribution in [0.4, 0.5) is 9.59 Å². The monoisotopic (exact) mass is 406 g/mol. The molecule has 8 nitrogen and oxygen atoms in total. The first-order valence-electron chi connectivity index (χ1n) is 9.93. The van der Waals surface area contributed by atoms with E-state index in [-0.39, 0.29) is 29.7 Å². The molecule has 1 aromatic rings. The van der Waals surface area contributed by atoms with E-state index in [0.717, 1.165) is 11.1 Å². The molecule has 162 valence electrons. The van der Waals surface area contributed by atoms with Gasteiger partial charge >= 0.3 is 12.1 Å². The quantitative estimate of drug-likeness (QED) is 0.701. The van der Waals surface area contributed by atoms with Crippen molar-refractivity contribution >= 4 is 12.1 Å². The smallest absolute Gasteiger partial charge is 0.318 e. The van der Waals surface area contributed by atoms with E-state index in [9.17, 15) is 9.59 Å². The Bertz CT molecular complexity index is 743. The first-order valence-corrected chi connectivity index (χ1v) is 9.93. The van der Waals surface area contributed by atoms with E-state index in [1.165, 1.54) is 0 Å². The molecule has 29 heavy (non-hydrogen) atoms. The van der Waals surface area contributed by atoms with Crippen LogP contribution in [-0.2, 0) is 6.42 Å². The second kappa shape index (κ2) is 9.24. The Morgan fingerprint density at radius 2 is 1.79 bits per heavy atom. The number of benzene rings is 1. The summed E-state index contributed by atoms with van der Waals surface area (Å²) in [6.45, 7) is 10.5. The van der Waals surface area contributed by atoms with Gasteiger partial charge in [0.15, 0.2) is 11.5 Å². The molecule has 1 aromatic carbocycles. The van der Waals surface area contributed by atoms with Gasteiger partial charge in [-0.05, 0) is 64.3 Å². The number of nitrogens with one attached hydrogen (secondary N) is 3. The van der Waals surface area contributed by atoms with E-state index < -0.39 is 0 Å². The van der Waals surface area contributed by atoms with Crippen molar-refractivity contribution in [2.75, 3.05) is 27.3 Å². The van der Waals surface area contributed by atoms with E-state index >= 15 is 0 Å². The van der Waals surface area contributed by atoms with Crippen LogP contribution in [0.5, 0.6) is 11.5 Å². The summed E-state index contributed by atoms with van der Waals surface area (Å²) in [4.78, 5) is 26.9. The van der Waals surface area contributed by atoms with Crippen LogP contribution in [0, 0.1) is 0 Å². The third-order valence-corrected chi connectivity index (χ3v) is 4.62. The summed E-state index contributed by atoms with van der Waals surface area (Å²) >= 11 is 0. The van der Waals surface area contributed by atoms with Gasteiger partial charge in [-0.15, -0.1) is 0 Å². The average Bonchev–Trinajstić information content (AvgIpc) is 2.62. The fourth-order valence-electron chi connectivity index (χ4n) is 3.39. The lowest BCUT2D eigenvalue weighted by atomic mass is 9.91. The molecule has 0 unspecified atom stereocenters. The molecule has 0 fully saturated rings. The largest absolute Gasteiger partial charge is 0.493 e. The molecule has 1 aliphatic rings. The van der Waals surface area contributed by atoms with Crippen LogP contribution < -0.4 is 25.4 Å². The number of rotatable bonds is 5. The van der Waals surface area contributed by atoms with Gasteiger partial charge in [-0.25, -0.2) is 9.59 Å². The molecule has 0 saturated heterocycles. The standard InChI is InChI=1S/C21H34N4O4/c1-13(2)23-19(26)22-12-16-15-11-18(29-7)17(28-6)10-14(15)8-9-25(16)20(27)24-21(3,4)5/h10-11,13,16H,8-9,12H2,1-7H3,(H,24,27)(H2,22,23,26)/t16-/m1/s1. The minimum absolute atomic E-state index is 0.0262. The van der Waals surface area contributed by atoms with Gasteiger partial charge in [-0.3, -0.25) is 0 Å². The molecule has 0 saturated carbocycles. The normalized spacial score (nSPS) is 16.1. The maximum atomic E-state index is 13.0.